The van der Waals surface area contributed by atoms with Crippen LogP contribution in [0, 0.1) is 6.92 Å². The van der Waals surface area contributed by atoms with E-state index < -0.39 is 0 Å². The summed E-state index contributed by atoms with van der Waals surface area (Å²) in [6.07, 6.45) is 8.81. The third-order valence-corrected chi connectivity index (χ3v) is 5.49. The first-order valence-electron chi connectivity index (χ1n) is 9.88. The lowest BCUT2D eigenvalue weighted by molar-refractivity contribution is 0.631. The molecule has 28 heavy (non-hydrogen) atoms. The molecule has 0 unspecified atom stereocenters. The highest BCUT2D eigenvalue weighted by Gasteiger charge is 2.26. The van der Waals surface area contributed by atoms with Crippen LogP contribution in [0.4, 0.5) is 11.8 Å². The molecule has 0 aromatic carbocycles. The maximum Gasteiger partial charge on any atom is 0.225 e. The number of hydrogen-bond donors (Lipinski definition) is 0. The highest BCUT2D eigenvalue weighted by molar-refractivity contribution is 5.59. The van der Waals surface area contributed by atoms with Crippen LogP contribution < -0.4 is 9.80 Å². The van der Waals surface area contributed by atoms with Crippen LogP contribution >= 0.6 is 0 Å². The van der Waals surface area contributed by atoms with Crippen molar-refractivity contribution in [2.45, 2.75) is 26.2 Å². The molecular formula is C21H23N7. The fourth-order valence-electron chi connectivity index (χ4n) is 4.09. The Hall–Kier alpha value is -3.09. The van der Waals surface area contributed by atoms with Gasteiger partial charge < -0.3 is 9.80 Å². The van der Waals surface area contributed by atoms with E-state index in [0.29, 0.717) is 0 Å². The van der Waals surface area contributed by atoms with Gasteiger partial charge in [-0.15, -0.1) is 0 Å². The topological polar surface area (TPSA) is 70.9 Å². The third kappa shape index (κ3) is 3.17. The van der Waals surface area contributed by atoms with Gasteiger partial charge in [0.2, 0.25) is 5.95 Å². The third-order valence-electron chi connectivity index (χ3n) is 5.49. The monoisotopic (exact) mass is 373 g/mol. The molecule has 142 valence electrons. The zero-order valence-corrected chi connectivity index (χ0v) is 16.0. The van der Waals surface area contributed by atoms with Gasteiger partial charge in [0.25, 0.3) is 0 Å². The zero-order valence-electron chi connectivity index (χ0n) is 16.0. The Balaban J connectivity index is 1.33. The largest absolute Gasteiger partial charge is 0.353 e. The summed E-state index contributed by atoms with van der Waals surface area (Å²) in [5.74, 6) is 2.81. The number of fused-ring (bicyclic) bond motifs is 1. The second-order valence-corrected chi connectivity index (χ2v) is 7.33. The van der Waals surface area contributed by atoms with E-state index in [1.54, 1.807) is 6.20 Å². The molecule has 1 aliphatic carbocycles. The molecule has 1 fully saturated rings. The van der Waals surface area contributed by atoms with E-state index in [4.69, 9.17) is 9.97 Å². The summed E-state index contributed by atoms with van der Waals surface area (Å²) in [6, 6.07) is 5.89. The number of aryl methyl sites for hydroxylation is 2. The van der Waals surface area contributed by atoms with Crippen LogP contribution in [-0.2, 0) is 12.8 Å². The first-order chi connectivity index (χ1) is 13.8. The number of anilines is 2. The van der Waals surface area contributed by atoms with Crippen molar-refractivity contribution in [3.8, 4) is 11.3 Å². The Morgan fingerprint density at radius 2 is 1.75 bits per heavy atom. The molecule has 1 aliphatic heterocycles. The van der Waals surface area contributed by atoms with Crippen LogP contribution in [0.1, 0.15) is 23.5 Å². The van der Waals surface area contributed by atoms with Gasteiger partial charge in [-0.1, -0.05) is 0 Å². The van der Waals surface area contributed by atoms with Crippen molar-refractivity contribution < 1.29 is 0 Å². The highest BCUT2D eigenvalue weighted by Crippen LogP contribution is 2.29. The molecule has 4 heterocycles. The number of rotatable bonds is 3. The molecule has 0 bridgehead atoms. The fraction of sp³-hybridized carbons (Fsp3) is 0.381. The Labute approximate surface area is 164 Å². The number of pyridine rings is 1. The van der Waals surface area contributed by atoms with Crippen molar-refractivity contribution in [2.75, 3.05) is 36.0 Å². The molecule has 5 rings (SSSR count). The number of piperazine rings is 1. The van der Waals surface area contributed by atoms with Gasteiger partial charge in [-0.05, 0) is 44.4 Å². The minimum Gasteiger partial charge on any atom is -0.353 e. The fourth-order valence-corrected chi connectivity index (χ4v) is 4.09. The van der Waals surface area contributed by atoms with Gasteiger partial charge in [0.15, 0.2) is 0 Å². The summed E-state index contributed by atoms with van der Waals surface area (Å²) in [5, 5.41) is 0. The maximum atomic E-state index is 4.78. The molecule has 7 heteroatoms. The Bertz CT molecular complexity index is 981. The molecule has 3 aromatic heterocycles. The zero-order chi connectivity index (χ0) is 18.9. The first-order valence-corrected chi connectivity index (χ1v) is 9.88. The number of aromatic nitrogens is 5. The molecule has 0 saturated carbocycles. The normalized spacial score (nSPS) is 16.3. The van der Waals surface area contributed by atoms with Crippen LogP contribution in [-0.4, -0.2) is 51.1 Å². The average Bonchev–Trinajstić information content (AvgIpc) is 3.22. The van der Waals surface area contributed by atoms with Crippen LogP contribution in [0.5, 0.6) is 0 Å². The molecule has 0 amide bonds. The minimum absolute atomic E-state index is 0.783. The van der Waals surface area contributed by atoms with Gasteiger partial charge in [-0.3, -0.25) is 4.98 Å². The van der Waals surface area contributed by atoms with Gasteiger partial charge in [-0.25, -0.2) is 19.9 Å². The summed E-state index contributed by atoms with van der Waals surface area (Å²) in [6.45, 7) is 5.60. The van der Waals surface area contributed by atoms with E-state index in [2.05, 4.69) is 24.8 Å². The molecule has 0 N–H and O–H groups in total. The van der Waals surface area contributed by atoms with Gasteiger partial charge in [-0.2, -0.15) is 0 Å². The van der Waals surface area contributed by atoms with Crippen molar-refractivity contribution in [1.29, 1.82) is 0 Å². The first kappa shape index (κ1) is 17.0. The summed E-state index contributed by atoms with van der Waals surface area (Å²) in [5.41, 5.74) is 4.52. The lowest BCUT2D eigenvalue weighted by atomic mass is 10.2. The van der Waals surface area contributed by atoms with E-state index in [0.717, 1.165) is 67.9 Å². The smallest absolute Gasteiger partial charge is 0.225 e. The van der Waals surface area contributed by atoms with Gasteiger partial charge >= 0.3 is 0 Å². The van der Waals surface area contributed by atoms with Gasteiger partial charge in [0.1, 0.15) is 11.6 Å². The molecule has 0 radical (unpaired) electrons. The summed E-state index contributed by atoms with van der Waals surface area (Å²) in [4.78, 5) is 27.5. The molecule has 2 aliphatic rings. The van der Waals surface area contributed by atoms with Crippen LogP contribution in [0.2, 0.25) is 0 Å². The number of nitrogens with zero attached hydrogens (tertiary/aromatic N) is 7. The van der Waals surface area contributed by atoms with Crippen molar-refractivity contribution in [2.24, 2.45) is 0 Å². The predicted octanol–water partition coefficient (Wildman–Crippen LogP) is 2.45. The Morgan fingerprint density at radius 1 is 0.893 bits per heavy atom. The lowest BCUT2D eigenvalue weighted by Crippen LogP contribution is -2.47. The lowest BCUT2D eigenvalue weighted by Gasteiger charge is -2.36. The second-order valence-electron chi connectivity index (χ2n) is 7.33. The van der Waals surface area contributed by atoms with Crippen molar-refractivity contribution in [3.05, 3.63) is 53.9 Å². The molecular weight excluding hydrogens is 350 g/mol. The SMILES string of the molecule is Cc1nc2c(c(N3CCN(c4nccc(-c5cccnc5)n4)CC3)n1)CCC2. The standard InChI is InChI=1S/C21H23N7/c1-15-24-19-6-2-5-17(19)20(25-15)27-10-12-28(13-11-27)21-23-9-7-18(26-21)16-4-3-8-22-14-16/h3-4,7-9,14H,2,5-6,10-13H2,1H3. The van der Waals surface area contributed by atoms with E-state index in [1.807, 2.05) is 37.5 Å². The molecule has 1 saturated heterocycles. The summed E-state index contributed by atoms with van der Waals surface area (Å²) >= 11 is 0. The van der Waals surface area contributed by atoms with E-state index >= 15 is 0 Å². The highest BCUT2D eigenvalue weighted by atomic mass is 15.3. The van der Waals surface area contributed by atoms with Crippen LogP contribution in [0.25, 0.3) is 11.3 Å². The number of hydrogen-bond acceptors (Lipinski definition) is 7. The maximum absolute atomic E-state index is 4.78. The van der Waals surface area contributed by atoms with Crippen molar-refractivity contribution in [3.63, 3.8) is 0 Å². The summed E-state index contributed by atoms with van der Waals surface area (Å²) < 4.78 is 0. The molecule has 3 aromatic rings. The van der Waals surface area contributed by atoms with Gasteiger partial charge in [0, 0.05) is 61.6 Å². The van der Waals surface area contributed by atoms with Crippen molar-refractivity contribution in [1.82, 2.24) is 24.9 Å². The molecule has 0 spiro atoms. The van der Waals surface area contributed by atoms with E-state index in [-0.39, 0.29) is 0 Å². The average molecular weight is 373 g/mol. The van der Waals surface area contributed by atoms with E-state index in [9.17, 15) is 0 Å². The van der Waals surface area contributed by atoms with Crippen molar-refractivity contribution >= 4 is 11.8 Å². The predicted molar refractivity (Wildman–Crippen MR) is 108 cm³/mol. The van der Waals surface area contributed by atoms with Crippen LogP contribution in [0.15, 0.2) is 36.8 Å². The molecule has 0 atom stereocenters. The van der Waals surface area contributed by atoms with Gasteiger partial charge in [0.05, 0.1) is 5.69 Å². The quantitative estimate of drug-likeness (QED) is 0.698. The molecule has 7 nitrogen and oxygen atoms in total. The minimum atomic E-state index is 0.783. The second kappa shape index (κ2) is 7.14. The Kier molecular flexibility index (Phi) is 4.35. The summed E-state index contributed by atoms with van der Waals surface area (Å²) in [7, 11) is 0. The Morgan fingerprint density at radius 3 is 2.57 bits per heavy atom. The van der Waals surface area contributed by atoms with Crippen LogP contribution in [0.3, 0.4) is 0 Å². The van der Waals surface area contributed by atoms with E-state index in [1.165, 1.54) is 17.7 Å².